The average molecular weight is 151 g/mol. The molecule has 11 heavy (non-hydrogen) atoms. The van der Waals surface area contributed by atoms with E-state index in [0.29, 0.717) is 6.54 Å². The lowest BCUT2D eigenvalue weighted by molar-refractivity contribution is -0.116. The molecule has 58 valence electrons. The summed E-state index contributed by atoms with van der Waals surface area (Å²) in [5.41, 5.74) is 0. The summed E-state index contributed by atoms with van der Waals surface area (Å²) in [6.45, 7) is 3.73. The van der Waals surface area contributed by atoms with Gasteiger partial charge in [0.2, 0.25) is 5.91 Å². The summed E-state index contributed by atoms with van der Waals surface area (Å²) in [5.74, 6) is 0.543. The second-order valence-electron chi connectivity index (χ2n) is 1.96. The van der Waals surface area contributed by atoms with Crippen molar-refractivity contribution in [2.45, 2.75) is 6.54 Å². The molecule has 0 radical (unpaired) electrons. The number of hydrogen-bond acceptors (Lipinski definition) is 2. The van der Waals surface area contributed by atoms with Gasteiger partial charge in [0, 0.05) is 12.4 Å². The molecule has 0 fully saturated rings. The molecule has 1 amide bonds. The first-order valence-electron chi connectivity index (χ1n) is 3.21. The van der Waals surface area contributed by atoms with Crippen molar-refractivity contribution in [1.82, 2.24) is 15.3 Å². The molecule has 0 spiro atoms. The smallest absolute Gasteiger partial charge is 0.243 e. The number of hydrogen-bond donors (Lipinski definition) is 2. The Labute approximate surface area is 64.3 Å². The van der Waals surface area contributed by atoms with Gasteiger partial charge in [-0.15, -0.1) is 0 Å². The first kappa shape index (κ1) is 7.53. The topological polar surface area (TPSA) is 57.8 Å². The molecule has 4 nitrogen and oxygen atoms in total. The van der Waals surface area contributed by atoms with E-state index in [0.717, 1.165) is 5.82 Å². The summed E-state index contributed by atoms with van der Waals surface area (Å²) in [5, 5.41) is 2.58. The van der Waals surface area contributed by atoms with Crippen LogP contribution < -0.4 is 5.32 Å². The minimum Gasteiger partial charge on any atom is -0.347 e. The molecule has 1 aromatic heterocycles. The van der Waals surface area contributed by atoms with Crippen molar-refractivity contribution in [2.75, 3.05) is 0 Å². The quantitative estimate of drug-likeness (QED) is 0.607. The van der Waals surface area contributed by atoms with Gasteiger partial charge in [0.1, 0.15) is 5.82 Å². The fraction of sp³-hybridized carbons (Fsp3) is 0.143. The van der Waals surface area contributed by atoms with Crippen LogP contribution in [0.2, 0.25) is 0 Å². The molecule has 0 unspecified atom stereocenters. The fourth-order valence-corrected chi connectivity index (χ4v) is 0.638. The Morgan fingerprint density at radius 2 is 2.73 bits per heavy atom. The number of nitrogens with zero attached hydrogens (tertiary/aromatic N) is 1. The van der Waals surface area contributed by atoms with Crippen LogP contribution in [0.1, 0.15) is 5.82 Å². The molecule has 1 rings (SSSR count). The molecule has 1 aromatic rings. The van der Waals surface area contributed by atoms with Gasteiger partial charge < -0.3 is 10.3 Å². The Bertz CT molecular complexity index is 240. The van der Waals surface area contributed by atoms with Crippen molar-refractivity contribution in [3.05, 3.63) is 30.9 Å². The number of imidazole rings is 1. The third kappa shape index (κ3) is 2.25. The number of amides is 1. The van der Waals surface area contributed by atoms with Crippen LogP contribution in [-0.4, -0.2) is 15.9 Å². The standard InChI is InChI=1S/C7H9N3O/c1-2-7(11)10-5-6-8-3-4-9-6/h2-4H,1,5H2,(H,8,9)(H,10,11). The summed E-state index contributed by atoms with van der Waals surface area (Å²) >= 11 is 0. The number of rotatable bonds is 3. The van der Waals surface area contributed by atoms with Gasteiger partial charge in [-0.3, -0.25) is 4.79 Å². The van der Waals surface area contributed by atoms with E-state index in [1.54, 1.807) is 12.4 Å². The van der Waals surface area contributed by atoms with E-state index < -0.39 is 0 Å². The molecule has 0 aliphatic carbocycles. The summed E-state index contributed by atoms with van der Waals surface area (Å²) in [7, 11) is 0. The number of nitrogens with one attached hydrogen (secondary N) is 2. The Morgan fingerprint density at radius 1 is 1.91 bits per heavy atom. The first-order valence-corrected chi connectivity index (χ1v) is 3.21. The zero-order chi connectivity index (χ0) is 8.10. The van der Waals surface area contributed by atoms with Crippen molar-refractivity contribution >= 4 is 5.91 Å². The number of aromatic amines is 1. The zero-order valence-corrected chi connectivity index (χ0v) is 6.00. The van der Waals surface area contributed by atoms with E-state index in [9.17, 15) is 4.79 Å². The van der Waals surface area contributed by atoms with Gasteiger partial charge in [-0.25, -0.2) is 4.98 Å². The molecule has 0 aliphatic heterocycles. The van der Waals surface area contributed by atoms with Crippen LogP contribution in [0.4, 0.5) is 0 Å². The molecule has 0 aromatic carbocycles. The molecule has 4 heteroatoms. The lowest BCUT2D eigenvalue weighted by atomic mass is 10.5. The van der Waals surface area contributed by atoms with Crippen molar-refractivity contribution in [2.24, 2.45) is 0 Å². The number of carbonyl (C=O) groups excluding carboxylic acids is 1. The summed E-state index contributed by atoms with van der Waals surface area (Å²) in [6.07, 6.45) is 4.56. The van der Waals surface area contributed by atoms with Gasteiger partial charge in [-0.05, 0) is 6.08 Å². The van der Waals surface area contributed by atoms with Crippen LogP contribution in [0.15, 0.2) is 25.0 Å². The lowest BCUT2D eigenvalue weighted by Crippen LogP contribution is -2.20. The summed E-state index contributed by atoms with van der Waals surface area (Å²) in [6, 6.07) is 0. The van der Waals surface area contributed by atoms with Crippen LogP contribution in [0.3, 0.4) is 0 Å². The second-order valence-corrected chi connectivity index (χ2v) is 1.96. The van der Waals surface area contributed by atoms with Crippen molar-refractivity contribution < 1.29 is 4.79 Å². The van der Waals surface area contributed by atoms with Crippen LogP contribution in [-0.2, 0) is 11.3 Å². The van der Waals surface area contributed by atoms with E-state index in [2.05, 4.69) is 21.9 Å². The third-order valence-corrected chi connectivity index (χ3v) is 1.17. The van der Waals surface area contributed by atoms with Crippen LogP contribution in [0.5, 0.6) is 0 Å². The second kappa shape index (κ2) is 3.55. The highest BCUT2D eigenvalue weighted by Crippen LogP contribution is 1.85. The molecular weight excluding hydrogens is 142 g/mol. The van der Waals surface area contributed by atoms with Crippen molar-refractivity contribution in [3.63, 3.8) is 0 Å². The number of carbonyl (C=O) groups is 1. The van der Waals surface area contributed by atoms with E-state index in [-0.39, 0.29) is 5.91 Å². The number of aromatic nitrogens is 2. The first-order chi connectivity index (χ1) is 5.33. The Morgan fingerprint density at radius 3 is 3.27 bits per heavy atom. The fourth-order valence-electron chi connectivity index (χ4n) is 0.638. The molecule has 0 atom stereocenters. The predicted molar refractivity (Wildman–Crippen MR) is 40.6 cm³/mol. The van der Waals surface area contributed by atoms with Crippen LogP contribution in [0, 0.1) is 0 Å². The molecule has 0 saturated carbocycles. The van der Waals surface area contributed by atoms with E-state index in [1.807, 2.05) is 0 Å². The maximum Gasteiger partial charge on any atom is 0.243 e. The molecule has 2 N–H and O–H groups in total. The highest BCUT2D eigenvalue weighted by atomic mass is 16.1. The lowest BCUT2D eigenvalue weighted by Gasteiger charge is -1.96. The van der Waals surface area contributed by atoms with Crippen LogP contribution in [0.25, 0.3) is 0 Å². The minimum atomic E-state index is -0.193. The Kier molecular flexibility index (Phi) is 2.43. The summed E-state index contributed by atoms with van der Waals surface area (Å²) in [4.78, 5) is 17.4. The molecular formula is C7H9N3O. The van der Waals surface area contributed by atoms with Gasteiger partial charge >= 0.3 is 0 Å². The maximum absolute atomic E-state index is 10.6. The summed E-state index contributed by atoms with van der Waals surface area (Å²) < 4.78 is 0. The van der Waals surface area contributed by atoms with E-state index in [1.165, 1.54) is 6.08 Å². The van der Waals surface area contributed by atoms with E-state index in [4.69, 9.17) is 0 Å². The zero-order valence-electron chi connectivity index (χ0n) is 6.00. The highest BCUT2D eigenvalue weighted by molar-refractivity contribution is 5.86. The van der Waals surface area contributed by atoms with Crippen LogP contribution >= 0.6 is 0 Å². The van der Waals surface area contributed by atoms with Gasteiger partial charge in [0.15, 0.2) is 0 Å². The maximum atomic E-state index is 10.6. The SMILES string of the molecule is C=CC(=O)NCc1ncc[nH]1. The molecule has 0 bridgehead atoms. The van der Waals surface area contributed by atoms with Crippen molar-refractivity contribution in [1.29, 1.82) is 0 Å². The minimum absolute atomic E-state index is 0.193. The van der Waals surface area contributed by atoms with Gasteiger partial charge in [-0.2, -0.15) is 0 Å². The largest absolute Gasteiger partial charge is 0.347 e. The normalized spacial score (nSPS) is 9.09. The van der Waals surface area contributed by atoms with Crippen molar-refractivity contribution in [3.8, 4) is 0 Å². The highest BCUT2D eigenvalue weighted by Gasteiger charge is 1.95. The Hall–Kier alpha value is -1.58. The van der Waals surface area contributed by atoms with Gasteiger partial charge in [-0.1, -0.05) is 6.58 Å². The van der Waals surface area contributed by atoms with E-state index >= 15 is 0 Å². The van der Waals surface area contributed by atoms with Gasteiger partial charge in [0.05, 0.1) is 6.54 Å². The monoisotopic (exact) mass is 151 g/mol. The molecule has 0 aliphatic rings. The molecule has 0 saturated heterocycles. The van der Waals surface area contributed by atoms with Gasteiger partial charge in [0.25, 0.3) is 0 Å². The average Bonchev–Trinajstić information content (AvgIpc) is 2.52. The third-order valence-electron chi connectivity index (χ3n) is 1.17. The Balaban J connectivity index is 2.34. The molecule has 1 heterocycles. The predicted octanol–water partition coefficient (Wildman–Crippen LogP) is 0.212. The number of H-pyrrole nitrogens is 1.